The van der Waals surface area contributed by atoms with E-state index in [0.717, 1.165) is 36.1 Å². The van der Waals surface area contributed by atoms with Crippen molar-refractivity contribution in [3.05, 3.63) is 34.9 Å². The highest BCUT2D eigenvalue weighted by atomic mass is 16.1. The van der Waals surface area contributed by atoms with Gasteiger partial charge in [0.05, 0.1) is 0 Å². The fourth-order valence-corrected chi connectivity index (χ4v) is 1.76. The molecule has 0 unspecified atom stereocenters. The minimum atomic E-state index is 0.0350. The lowest BCUT2D eigenvalue weighted by molar-refractivity contribution is 0.0956. The van der Waals surface area contributed by atoms with Crippen molar-refractivity contribution in [2.45, 2.75) is 19.4 Å². The van der Waals surface area contributed by atoms with Crippen molar-refractivity contribution in [1.82, 2.24) is 5.32 Å². The Labute approximate surface area is 83.3 Å². The maximum absolute atomic E-state index is 11.6. The second kappa shape index (κ2) is 3.80. The van der Waals surface area contributed by atoms with Crippen LogP contribution in [0.15, 0.2) is 18.2 Å². The molecule has 0 radical (unpaired) electrons. The monoisotopic (exact) mass is 190 g/mol. The molecular formula is C11H14N2O. The van der Waals surface area contributed by atoms with Gasteiger partial charge >= 0.3 is 0 Å². The molecule has 2 rings (SSSR count). The third-order valence-electron chi connectivity index (χ3n) is 2.56. The summed E-state index contributed by atoms with van der Waals surface area (Å²) in [7, 11) is 0. The maximum Gasteiger partial charge on any atom is 0.251 e. The summed E-state index contributed by atoms with van der Waals surface area (Å²) in [5.41, 5.74) is 8.48. The highest BCUT2D eigenvalue weighted by Crippen LogP contribution is 2.16. The van der Waals surface area contributed by atoms with Gasteiger partial charge in [0.1, 0.15) is 0 Å². The molecule has 0 aromatic heterocycles. The molecular weight excluding hydrogens is 176 g/mol. The first-order valence-corrected chi connectivity index (χ1v) is 4.91. The number of aryl methyl sites for hydroxylation is 1. The van der Waals surface area contributed by atoms with Crippen LogP contribution >= 0.6 is 0 Å². The van der Waals surface area contributed by atoms with Crippen LogP contribution in [0.5, 0.6) is 0 Å². The SMILES string of the molecule is NCc1ccc2c(c1)C(=O)NCCC2. The molecule has 1 aromatic rings. The lowest BCUT2D eigenvalue weighted by Crippen LogP contribution is -2.22. The fourth-order valence-electron chi connectivity index (χ4n) is 1.76. The van der Waals surface area contributed by atoms with E-state index in [9.17, 15) is 4.79 Å². The number of amides is 1. The summed E-state index contributed by atoms with van der Waals surface area (Å²) in [4.78, 5) is 11.6. The minimum absolute atomic E-state index is 0.0350. The van der Waals surface area contributed by atoms with E-state index in [-0.39, 0.29) is 5.91 Å². The van der Waals surface area contributed by atoms with Crippen molar-refractivity contribution < 1.29 is 4.79 Å². The molecule has 74 valence electrons. The molecule has 14 heavy (non-hydrogen) atoms. The van der Waals surface area contributed by atoms with E-state index in [4.69, 9.17) is 5.73 Å². The molecule has 1 amide bonds. The van der Waals surface area contributed by atoms with E-state index in [2.05, 4.69) is 5.32 Å². The molecule has 0 fully saturated rings. The van der Waals surface area contributed by atoms with Crippen LogP contribution in [0.25, 0.3) is 0 Å². The van der Waals surface area contributed by atoms with Gasteiger partial charge in [-0.2, -0.15) is 0 Å². The Hall–Kier alpha value is -1.35. The van der Waals surface area contributed by atoms with Crippen LogP contribution < -0.4 is 11.1 Å². The highest BCUT2D eigenvalue weighted by molar-refractivity contribution is 5.96. The second-order valence-corrected chi connectivity index (χ2v) is 3.56. The van der Waals surface area contributed by atoms with Crippen LogP contribution in [0, 0.1) is 0 Å². The fraction of sp³-hybridized carbons (Fsp3) is 0.364. The minimum Gasteiger partial charge on any atom is -0.352 e. The molecule has 0 aliphatic carbocycles. The second-order valence-electron chi connectivity index (χ2n) is 3.56. The molecule has 1 aliphatic rings. The summed E-state index contributed by atoms with van der Waals surface area (Å²) in [5, 5.41) is 2.87. The molecule has 3 N–H and O–H groups in total. The highest BCUT2D eigenvalue weighted by Gasteiger charge is 2.14. The van der Waals surface area contributed by atoms with Crippen molar-refractivity contribution in [2.24, 2.45) is 5.73 Å². The average molecular weight is 190 g/mol. The zero-order valence-corrected chi connectivity index (χ0v) is 8.05. The Balaban J connectivity index is 2.44. The summed E-state index contributed by atoms with van der Waals surface area (Å²) in [5.74, 6) is 0.0350. The van der Waals surface area contributed by atoms with E-state index >= 15 is 0 Å². The molecule has 1 heterocycles. The van der Waals surface area contributed by atoms with Gasteiger partial charge in [-0.25, -0.2) is 0 Å². The number of nitrogens with two attached hydrogens (primary N) is 1. The molecule has 1 aliphatic heterocycles. The summed E-state index contributed by atoms with van der Waals surface area (Å²) < 4.78 is 0. The quantitative estimate of drug-likeness (QED) is 0.689. The standard InChI is InChI=1S/C11H14N2O/c12-7-8-3-4-9-2-1-5-13-11(14)10(9)6-8/h3-4,6H,1-2,5,7,12H2,(H,13,14). The first-order chi connectivity index (χ1) is 6.81. The summed E-state index contributed by atoms with van der Waals surface area (Å²) in [6.45, 7) is 1.26. The topological polar surface area (TPSA) is 55.1 Å². The molecule has 0 bridgehead atoms. The number of nitrogens with one attached hydrogen (secondary N) is 1. The number of carbonyl (C=O) groups is 1. The van der Waals surface area contributed by atoms with Crippen LogP contribution in [0.1, 0.15) is 27.9 Å². The van der Waals surface area contributed by atoms with Crippen LogP contribution in [0.3, 0.4) is 0 Å². The summed E-state index contributed by atoms with van der Waals surface area (Å²) >= 11 is 0. The van der Waals surface area contributed by atoms with Crippen molar-refractivity contribution in [2.75, 3.05) is 6.54 Å². The van der Waals surface area contributed by atoms with E-state index in [1.807, 2.05) is 18.2 Å². The van der Waals surface area contributed by atoms with Crippen LogP contribution in [-0.2, 0) is 13.0 Å². The lowest BCUT2D eigenvalue weighted by Gasteiger charge is -2.06. The number of benzene rings is 1. The number of rotatable bonds is 1. The van der Waals surface area contributed by atoms with Crippen LogP contribution in [-0.4, -0.2) is 12.5 Å². The van der Waals surface area contributed by atoms with Crippen LogP contribution in [0.4, 0.5) is 0 Å². The molecule has 0 saturated heterocycles. The van der Waals surface area contributed by atoms with Gasteiger partial charge in [0, 0.05) is 18.7 Å². The zero-order chi connectivity index (χ0) is 9.97. The normalized spacial score (nSPS) is 15.6. The number of fused-ring (bicyclic) bond motifs is 1. The van der Waals surface area contributed by atoms with Crippen molar-refractivity contribution in [1.29, 1.82) is 0 Å². The molecule has 1 aromatic carbocycles. The Morgan fingerprint density at radius 3 is 3.07 bits per heavy atom. The van der Waals surface area contributed by atoms with Gasteiger partial charge < -0.3 is 11.1 Å². The van der Waals surface area contributed by atoms with Gasteiger partial charge in [0.25, 0.3) is 5.91 Å². The number of hydrogen-bond donors (Lipinski definition) is 2. The van der Waals surface area contributed by atoms with Crippen LogP contribution in [0.2, 0.25) is 0 Å². The van der Waals surface area contributed by atoms with Gasteiger partial charge in [0.2, 0.25) is 0 Å². The van der Waals surface area contributed by atoms with Gasteiger partial charge in [-0.3, -0.25) is 4.79 Å². The van der Waals surface area contributed by atoms with E-state index in [1.165, 1.54) is 0 Å². The van der Waals surface area contributed by atoms with E-state index in [0.29, 0.717) is 6.54 Å². The summed E-state index contributed by atoms with van der Waals surface area (Å²) in [6.07, 6.45) is 1.99. The smallest absolute Gasteiger partial charge is 0.251 e. The lowest BCUT2D eigenvalue weighted by atomic mass is 10.0. The van der Waals surface area contributed by atoms with Crippen molar-refractivity contribution >= 4 is 5.91 Å². The molecule has 0 spiro atoms. The molecule has 3 nitrogen and oxygen atoms in total. The number of hydrogen-bond acceptors (Lipinski definition) is 2. The summed E-state index contributed by atoms with van der Waals surface area (Å²) in [6, 6.07) is 5.91. The Kier molecular flexibility index (Phi) is 2.50. The molecule has 0 saturated carbocycles. The van der Waals surface area contributed by atoms with Crippen molar-refractivity contribution in [3.63, 3.8) is 0 Å². The largest absolute Gasteiger partial charge is 0.352 e. The van der Waals surface area contributed by atoms with Gasteiger partial charge in [-0.15, -0.1) is 0 Å². The van der Waals surface area contributed by atoms with Gasteiger partial charge in [-0.1, -0.05) is 12.1 Å². The zero-order valence-electron chi connectivity index (χ0n) is 8.05. The Morgan fingerprint density at radius 1 is 1.43 bits per heavy atom. The predicted molar refractivity (Wildman–Crippen MR) is 55.0 cm³/mol. The first kappa shape index (κ1) is 9.21. The third-order valence-corrected chi connectivity index (χ3v) is 2.56. The van der Waals surface area contributed by atoms with Gasteiger partial charge in [-0.05, 0) is 30.0 Å². The predicted octanol–water partition coefficient (Wildman–Crippen LogP) is 0.821. The maximum atomic E-state index is 11.6. The Bertz CT molecular complexity index is 360. The van der Waals surface area contributed by atoms with Gasteiger partial charge in [0.15, 0.2) is 0 Å². The molecule has 0 atom stereocenters. The average Bonchev–Trinajstić information content (AvgIpc) is 2.40. The Morgan fingerprint density at radius 2 is 2.29 bits per heavy atom. The number of carbonyl (C=O) groups excluding carboxylic acids is 1. The van der Waals surface area contributed by atoms with Crippen molar-refractivity contribution in [3.8, 4) is 0 Å². The molecule has 3 heteroatoms. The first-order valence-electron chi connectivity index (χ1n) is 4.91. The van der Waals surface area contributed by atoms with E-state index in [1.54, 1.807) is 0 Å². The van der Waals surface area contributed by atoms with E-state index < -0.39 is 0 Å². The third kappa shape index (κ3) is 1.63.